The van der Waals surface area contributed by atoms with E-state index in [2.05, 4.69) is 10.5 Å². The van der Waals surface area contributed by atoms with Gasteiger partial charge in [-0.3, -0.25) is 4.79 Å². The van der Waals surface area contributed by atoms with Crippen molar-refractivity contribution >= 4 is 22.1 Å². The van der Waals surface area contributed by atoms with Gasteiger partial charge in [-0.2, -0.15) is 9.41 Å². The second-order valence-corrected chi connectivity index (χ2v) is 7.43. The van der Waals surface area contributed by atoms with Crippen LogP contribution in [0.15, 0.2) is 46.3 Å². The minimum absolute atomic E-state index is 0.0389. The molecule has 0 spiro atoms. The van der Waals surface area contributed by atoms with Gasteiger partial charge in [-0.1, -0.05) is 12.1 Å². The number of amides is 1. The minimum atomic E-state index is -3.58. The molecule has 9 nitrogen and oxygen atoms in total. The molecule has 2 aliphatic rings. The third-order valence-electron chi connectivity index (χ3n) is 3.72. The topological polar surface area (TPSA) is 107 Å². The maximum absolute atomic E-state index is 12.6. The lowest BCUT2D eigenvalue weighted by molar-refractivity contribution is -0.122. The molecule has 2 heterocycles. The number of ether oxygens (including phenoxy) is 3. The van der Waals surface area contributed by atoms with Crippen LogP contribution in [-0.4, -0.2) is 64.4 Å². The maximum Gasteiger partial charge on any atom is 0.309 e. The number of hydrazone groups is 1. The van der Waals surface area contributed by atoms with Crippen molar-refractivity contribution in [2.24, 2.45) is 5.10 Å². The first-order valence-corrected chi connectivity index (χ1v) is 9.47. The Bertz CT molecular complexity index is 815. The smallest absolute Gasteiger partial charge is 0.309 e. The number of morpholine rings is 1. The third kappa shape index (κ3) is 4.40. The Kier molecular flexibility index (Phi) is 5.86. The fraction of sp³-hybridized carbons (Fsp3) is 0.375. The van der Waals surface area contributed by atoms with Crippen LogP contribution in [0.3, 0.4) is 0 Å². The Labute approximate surface area is 151 Å². The number of hydrogen-bond donors (Lipinski definition) is 1. The molecule has 0 aromatic heterocycles. The highest BCUT2D eigenvalue weighted by Crippen LogP contribution is 2.17. The van der Waals surface area contributed by atoms with Crippen LogP contribution in [0.5, 0.6) is 0 Å². The van der Waals surface area contributed by atoms with E-state index in [9.17, 15) is 13.2 Å². The minimum Gasteiger partial charge on any atom is -0.494 e. The summed E-state index contributed by atoms with van der Waals surface area (Å²) in [4.78, 5) is 12.0. The standard InChI is InChI=1S/C16H19N3O6S/c20-16(15-12-24-8-9-25-15)18-17-11-13-2-1-3-14(10-13)26(21,22)19-4-6-23-7-5-19/h1-3,10-12H,4-9H2,(H,18,20). The number of carbonyl (C=O) groups excluding carboxylic acids is 1. The van der Waals surface area contributed by atoms with Gasteiger partial charge in [-0.15, -0.1) is 0 Å². The molecule has 140 valence electrons. The van der Waals surface area contributed by atoms with E-state index in [-0.39, 0.29) is 10.7 Å². The number of hydrogen-bond acceptors (Lipinski definition) is 7. The van der Waals surface area contributed by atoms with Gasteiger partial charge in [-0.05, 0) is 17.7 Å². The van der Waals surface area contributed by atoms with Crippen molar-refractivity contribution in [1.29, 1.82) is 0 Å². The Morgan fingerprint density at radius 2 is 2.00 bits per heavy atom. The molecule has 3 rings (SSSR count). The van der Waals surface area contributed by atoms with Crippen molar-refractivity contribution in [1.82, 2.24) is 9.73 Å². The molecule has 0 radical (unpaired) electrons. The van der Waals surface area contributed by atoms with Gasteiger partial charge in [-0.25, -0.2) is 13.8 Å². The van der Waals surface area contributed by atoms with E-state index >= 15 is 0 Å². The second-order valence-electron chi connectivity index (χ2n) is 5.49. The van der Waals surface area contributed by atoms with Gasteiger partial charge in [0.2, 0.25) is 15.8 Å². The Morgan fingerprint density at radius 1 is 1.19 bits per heavy atom. The number of benzene rings is 1. The largest absolute Gasteiger partial charge is 0.494 e. The highest BCUT2D eigenvalue weighted by atomic mass is 32.2. The lowest BCUT2D eigenvalue weighted by atomic mass is 10.2. The first-order valence-electron chi connectivity index (χ1n) is 8.03. The second kappa shape index (κ2) is 8.30. The summed E-state index contributed by atoms with van der Waals surface area (Å²) in [5.74, 6) is -0.505. The average molecular weight is 381 g/mol. The zero-order valence-corrected chi connectivity index (χ0v) is 14.8. The molecule has 0 atom stereocenters. The Balaban J connectivity index is 1.67. The van der Waals surface area contributed by atoms with Crippen molar-refractivity contribution < 1.29 is 27.4 Å². The van der Waals surface area contributed by atoms with Crippen LogP contribution in [0, 0.1) is 0 Å². The van der Waals surface area contributed by atoms with E-state index in [1.54, 1.807) is 12.1 Å². The summed E-state index contributed by atoms with van der Waals surface area (Å²) in [5.41, 5.74) is 2.84. The predicted molar refractivity (Wildman–Crippen MR) is 91.7 cm³/mol. The van der Waals surface area contributed by atoms with Crippen molar-refractivity contribution in [2.75, 3.05) is 39.5 Å². The third-order valence-corrected chi connectivity index (χ3v) is 5.61. The molecule has 2 aliphatic heterocycles. The highest BCUT2D eigenvalue weighted by Gasteiger charge is 2.26. The summed E-state index contributed by atoms with van der Waals surface area (Å²) in [5, 5.41) is 3.82. The molecule has 0 bridgehead atoms. The summed E-state index contributed by atoms with van der Waals surface area (Å²) in [6, 6.07) is 6.34. The predicted octanol–water partition coefficient (Wildman–Crippen LogP) is 0.0458. The number of rotatable bonds is 5. The van der Waals surface area contributed by atoms with Crippen molar-refractivity contribution in [2.45, 2.75) is 4.90 Å². The van der Waals surface area contributed by atoms with Crippen molar-refractivity contribution in [3.8, 4) is 0 Å². The number of nitrogens with zero attached hydrogens (tertiary/aromatic N) is 2. The summed E-state index contributed by atoms with van der Waals surface area (Å²) in [6.07, 6.45) is 2.59. The Hall–Kier alpha value is -2.43. The molecule has 0 saturated carbocycles. The molecular formula is C16H19N3O6S. The van der Waals surface area contributed by atoms with Crippen LogP contribution >= 0.6 is 0 Å². The van der Waals surface area contributed by atoms with Crippen molar-refractivity contribution in [3.05, 3.63) is 41.9 Å². The Morgan fingerprint density at radius 3 is 2.73 bits per heavy atom. The van der Waals surface area contributed by atoms with Gasteiger partial charge in [0, 0.05) is 13.1 Å². The summed E-state index contributed by atoms with van der Waals surface area (Å²) < 4.78 is 42.0. The highest BCUT2D eigenvalue weighted by molar-refractivity contribution is 7.89. The lowest BCUT2D eigenvalue weighted by Crippen LogP contribution is -2.40. The van der Waals surface area contributed by atoms with Crippen LogP contribution in [-0.2, 0) is 29.0 Å². The first kappa shape index (κ1) is 18.4. The van der Waals surface area contributed by atoms with Gasteiger partial charge < -0.3 is 14.2 Å². The van der Waals surface area contributed by atoms with E-state index in [1.165, 1.54) is 28.9 Å². The lowest BCUT2D eigenvalue weighted by Gasteiger charge is -2.26. The molecule has 0 unspecified atom stereocenters. The van der Waals surface area contributed by atoms with Crippen LogP contribution < -0.4 is 5.43 Å². The summed E-state index contributed by atoms with van der Waals surface area (Å²) in [7, 11) is -3.58. The SMILES string of the molecule is O=C(NN=Cc1cccc(S(=O)(=O)N2CCOCC2)c1)C1=COCCO1. The molecule has 1 saturated heterocycles. The van der Waals surface area contributed by atoms with E-state index in [0.29, 0.717) is 45.1 Å². The number of carbonyl (C=O) groups is 1. The van der Waals surface area contributed by atoms with Gasteiger partial charge in [0.15, 0.2) is 0 Å². The van der Waals surface area contributed by atoms with Gasteiger partial charge in [0.25, 0.3) is 0 Å². The summed E-state index contributed by atoms with van der Waals surface area (Å²) >= 11 is 0. The fourth-order valence-electron chi connectivity index (χ4n) is 2.40. The molecule has 1 aromatic rings. The zero-order chi connectivity index (χ0) is 18.4. The molecule has 26 heavy (non-hydrogen) atoms. The van der Waals surface area contributed by atoms with E-state index in [4.69, 9.17) is 14.2 Å². The van der Waals surface area contributed by atoms with Crippen LogP contribution in [0.4, 0.5) is 0 Å². The molecule has 1 fully saturated rings. The zero-order valence-electron chi connectivity index (χ0n) is 14.0. The number of nitrogens with one attached hydrogen (secondary N) is 1. The van der Waals surface area contributed by atoms with Crippen LogP contribution in [0.1, 0.15) is 5.56 Å². The van der Waals surface area contributed by atoms with Crippen LogP contribution in [0.2, 0.25) is 0 Å². The van der Waals surface area contributed by atoms with Gasteiger partial charge >= 0.3 is 5.91 Å². The fourth-order valence-corrected chi connectivity index (χ4v) is 3.86. The van der Waals surface area contributed by atoms with E-state index < -0.39 is 15.9 Å². The maximum atomic E-state index is 12.6. The van der Waals surface area contributed by atoms with Crippen molar-refractivity contribution in [3.63, 3.8) is 0 Å². The molecule has 0 aliphatic carbocycles. The molecule has 1 amide bonds. The van der Waals surface area contributed by atoms with Gasteiger partial charge in [0.05, 0.1) is 24.3 Å². The number of sulfonamides is 1. The van der Waals surface area contributed by atoms with Gasteiger partial charge in [0.1, 0.15) is 19.5 Å². The van der Waals surface area contributed by atoms with Crippen LogP contribution in [0.25, 0.3) is 0 Å². The average Bonchev–Trinajstić information content (AvgIpc) is 2.69. The van der Waals surface area contributed by atoms with E-state index in [1.807, 2.05) is 0 Å². The molecule has 10 heteroatoms. The molecule has 1 aromatic carbocycles. The quantitative estimate of drug-likeness (QED) is 0.570. The monoisotopic (exact) mass is 381 g/mol. The normalized spacial score (nSPS) is 18.7. The molecular weight excluding hydrogens is 362 g/mol. The summed E-state index contributed by atoms with van der Waals surface area (Å²) in [6.45, 7) is 2.11. The first-order chi connectivity index (χ1) is 12.6. The molecule has 1 N–H and O–H groups in total. The van der Waals surface area contributed by atoms with E-state index in [0.717, 1.165) is 0 Å².